The first-order chi connectivity index (χ1) is 12.1. The first-order valence-corrected chi connectivity index (χ1v) is 8.74. The highest BCUT2D eigenvalue weighted by atomic mass is 16.2. The molecule has 2 aromatic rings. The van der Waals surface area contributed by atoms with Crippen molar-refractivity contribution >= 4 is 11.8 Å². The molecule has 6 heteroatoms. The Bertz CT molecular complexity index is 742. The van der Waals surface area contributed by atoms with E-state index >= 15 is 0 Å². The standard InChI is InChI=1S/C19H24N4O2/c1-3-22(2)19(25)15-7-4-6-14(12-15)18(24)21-16-8-5-9-17(16)23-11-10-20-13-23/h4,6-7,10-13,16-17H,3,5,8-9H2,1-2H3,(H,21,24)/t16-,17-/m1/s1. The van der Waals surface area contributed by atoms with Gasteiger partial charge in [-0.1, -0.05) is 6.07 Å². The molecule has 0 saturated heterocycles. The van der Waals surface area contributed by atoms with Gasteiger partial charge in [-0.25, -0.2) is 4.98 Å². The molecule has 6 nitrogen and oxygen atoms in total. The van der Waals surface area contributed by atoms with Gasteiger partial charge in [0, 0.05) is 43.2 Å². The van der Waals surface area contributed by atoms with Gasteiger partial charge in [-0.05, 0) is 44.4 Å². The third-order valence-corrected chi connectivity index (χ3v) is 4.90. The summed E-state index contributed by atoms with van der Waals surface area (Å²) in [5.74, 6) is -0.208. The van der Waals surface area contributed by atoms with Crippen LogP contribution in [0.4, 0.5) is 0 Å². The van der Waals surface area contributed by atoms with Crippen molar-refractivity contribution in [3.8, 4) is 0 Å². The van der Waals surface area contributed by atoms with E-state index in [0.717, 1.165) is 19.3 Å². The summed E-state index contributed by atoms with van der Waals surface area (Å²) in [5.41, 5.74) is 1.06. The van der Waals surface area contributed by atoms with E-state index in [1.165, 1.54) is 0 Å². The third-order valence-electron chi connectivity index (χ3n) is 4.90. The van der Waals surface area contributed by atoms with E-state index in [9.17, 15) is 9.59 Å². The monoisotopic (exact) mass is 340 g/mol. The minimum absolute atomic E-state index is 0.0747. The van der Waals surface area contributed by atoms with Gasteiger partial charge in [-0.3, -0.25) is 9.59 Å². The Kier molecular flexibility index (Phi) is 5.16. The second-order valence-electron chi connectivity index (χ2n) is 6.49. The van der Waals surface area contributed by atoms with Crippen molar-refractivity contribution in [2.24, 2.45) is 0 Å². The molecule has 1 heterocycles. The molecule has 0 radical (unpaired) electrons. The van der Waals surface area contributed by atoms with Crippen LogP contribution in [-0.4, -0.2) is 45.9 Å². The fourth-order valence-corrected chi connectivity index (χ4v) is 3.34. The number of amides is 2. The van der Waals surface area contributed by atoms with E-state index in [-0.39, 0.29) is 23.9 Å². The van der Waals surface area contributed by atoms with Crippen molar-refractivity contribution in [1.82, 2.24) is 19.8 Å². The molecule has 1 saturated carbocycles. The van der Waals surface area contributed by atoms with Gasteiger partial charge in [0.2, 0.25) is 0 Å². The number of carbonyl (C=O) groups excluding carboxylic acids is 2. The van der Waals surface area contributed by atoms with Crippen LogP contribution in [-0.2, 0) is 0 Å². The smallest absolute Gasteiger partial charge is 0.253 e. The van der Waals surface area contributed by atoms with Crippen LogP contribution < -0.4 is 5.32 Å². The Balaban J connectivity index is 1.72. The number of aromatic nitrogens is 2. The molecule has 0 unspecified atom stereocenters. The Hall–Kier alpha value is -2.63. The second kappa shape index (κ2) is 7.51. The maximum atomic E-state index is 12.7. The van der Waals surface area contributed by atoms with Gasteiger partial charge in [0.05, 0.1) is 12.4 Å². The quantitative estimate of drug-likeness (QED) is 0.909. The van der Waals surface area contributed by atoms with E-state index in [4.69, 9.17) is 0 Å². The molecule has 1 fully saturated rings. The fourth-order valence-electron chi connectivity index (χ4n) is 3.34. The number of imidazole rings is 1. The van der Waals surface area contributed by atoms with E-state index in [2.05, 4.69) is 14.9 Å². The molecular weight excluding hydrogens is 316 g/mol. The molecule has 2 atom stereocenters. The predicted molar refractivity (Wildman–Crippen MR) is 95.4 cm³/mol. The van der Waals surface area contributed by atoms with E-state index in [1.807, 2.05) is 13.1 Å². The molecule has 1 N–H and O–H groups in total. The maximum absolute atomic E-state index is 12.7. The van der Waals surface area contributed by atoms with Crippen molar-refractivity contribution in [3.05, 3.63) is 54.1 Å². The van der Waals surface area contributed by atoms with Gasteiger partial charge >= 0.3 is 0 Å². The Morgan fingerprint density at radius 3 is 2.84 bits per heavy atom. The largest absolute Gasteiger partial charge is 0.347 e. The highest BCUT2D eigenvalue weighted by Crippen LogP contribution is 2.30. The molecule has 0 bridgehead atoms. The van der Waals surface area contributed by atoms with Gasteiger partial charge < -0.3 is 14.8 Å². The first kappa shape index (κ1) is 17.2. The molecule has 0 spiro atoms. The number of hydrogen-bond donors (Lipinski definition) is 1. The zero-order valence-corrected chi connectivity index (χ0v) is 14.7. The van der Waals surface area contributed by atoms with E-state index < -0.39 is 0 Å². The zero-order valence-electron chi connectivity index (χ0n) is 14.7. The lowest BCUT2D eigenvalue weighted by Crippen LogP contribution is -2.38. The average Bonchev–Trinajstić information content (AvgIpc) is 3.31. The van der Waals surface area contributed by atoms with Crippen LogP contribution in [0.3, 0.4) is 0 Å². The van der Waals surface area contributed by atoms with Crippen molar-refractivity contribution in [3.63, 3.8) is 0 Å². The highest BCUT2D eigenvalue weighted by molar-refractivity contribution is 5.99. The minimum Gasteiger partial charge on any atom is -0.347 e. The van der Waals surface area contributed by atoms with Crippen LogP contribution in [0.2, 0.25) is 0 Å². The molecule has 2 amide bonds. The van der Waals surface area contributed by atoms with Crippen molar-refractivity contribution in [2.75, 3.05) is 13.6 Å². The number of nitrogens with one attached hydrogen (secondary N) is 1. The number of hydrogen-bond acceptors (Lipinski definition) is 3. The Morgan fingerprint density at radius 2 is 2.12 bits per heavy atom. The van der Waals surface area contributed by atoms with Crippen molar-refractivity contribution < 1.29 is 9.59 Å². The zero-order chi connectivity index (χ0) is 17.8. The number of rotatable bonds is 5. The molecule has 1 aromatic carbocycles. The van der Waals surface area contributed by atoms with Crippen LogP contribution in [0.25, 0.3) is 0 Å². The molecule has 1 aliphatic rings. The van der Waals surface area contributed by atoms with Crippen LogP contribution in [0.15, 0.2) is 43.0 Å². The number of benzene rings is 1. The summed E-state index contributed by atoms with van der Waals surface area (Å²) >= 11 is 0. The summed E-state index contributed by atoms with van der Waals surface area (Å²) in [6.45, 7) is 2.55. The Labute approximate surface area is 147 Å². The maximum Gasteiger partial charge on any atom is 0.253 e. The average molecular weight is 340 g/mol. The first-order valence-electron chi connectivity index (χ1n) is 8.74. The molecular formula is C19H24N4O2. The van der Waals surface area contributed by atoms with Gasteiger partial charge in [-0.15, -0.1) is 0 Å². The normalized spacial score (nSPS) is 19.6. The lowest BCUT2D eigenvalue weighted by atomic mass is 10.1. The fraction of sp³-hybridized carbons (Fsp3) is 0.421. The summed E-state index contributed by atoms with van der Waals surface area (Å²) in [7, 11) is 1.75. The topological polar surface area (TPSA) is 67.2 Å². The molecule has 25 heavy (non-hydrogen) atoms. The van der Waals surface area contributed by atoms with Gasteiger partial charge in [0.1, 0.15) is 0 Å². The van der Waals surface area contributed by atoms with E-state index in [0.29, 0.717) is 17.7 Å². The SMILES string of the molecule is CCN(C)C(=O)c1cccc(C(=O)N[C@@H]2CCC[C@H]2n2ccnc2)c1. The third kappa shape index (κ3) is 3.73. The van der Waals surface area contributed by atoms with E-state index in [1.54, 1.807) is 48.7 Å². The van der Waals surface area contributed by atoms with Crippen LogP contribution in [0, 0.1) is 0 Å². The molecule has 3 rings (SSSR count). The number of carbonyl (C=O) groups is 2. The summed E-state index contributed by atoms with van der Waals surface area (Å²) < 4.78 is 2.06. The predicted octanol–water partition coefficient (Wildman–Crippen LogP) is 2.50. The van der Waals surface area contributed by atoms with Crippen molar-refractivity contribution in [1.29, 1.82) is 0 Å². The lowest BCUT2D eigenvalue weighted by molar-refractivity contribution is 0.0802. The molecule has 0 aliphatic heterocycles. The number of nitrogens with zero attached hydrogens (tertiary/aromatic N) is 3. The molecule has 1 aliphatic carbocycles. The van der Waals surface area contributed by atoms with Crippen LogP contribution >= 0.6 is 0 Å². The summed E-state index contributed by atoms with van der Waals surface area (Å²) in [6.07, 6.45) is 8.56. The molecule has 1 aromatic heterocycles. The minimum atomic E-state index is -0.134. The summed E-state index contributed by atoms with van der Waals surface area (Å²) in [5, 5.41) is 3.13. The van der Waals surface area contributed by atoms with Gasteiger partial charge in [0.25, 0.3) is 11.8 Å². The van der Waals surface area contributed by atoms with Crippen LogP contribution in [0.5, 0.6) is 0 Å². The highest BCUT2D eigenvalue weighted by Gasteiger charge is 2.30. The lowest BCUT2D eigenvalue weighted by Gasteiger charge is -2.22. The summed E-state index contributed by atoms with van der Waals surface area (Å²) in [4.78, 5) is 30.7. The van der Waals surface area contributed by atoms with Crippen molar-refractivity contribution in [2.45, 2.75) is 38.3 Å². The molecule has 132 valence electrons. The second-order valence-corrected chi connectivity index (χ2v) is 6.49. The Morgan fingerprint density at radius 1 is 1.32 bits per heavy atom. The summed E-state index contributed by atoms with van der Waals surface area (Å²) in [6, 6.07) is 7.24. The van der Waals surface area contributed by atoms with Crippen LogP contribution in [0.1, 0.15) is 52.9 Å². The van der Waals surface area contributed by atoms with Gasteiger partial charge in [-0.2, -0.15) is 0 Å². The van der Waals surface area contributed by atoms with Gasteiger partial charge in [0.15, 0.2) is 0 Å².